The molecule has 0 fully saturated rings. The van der Waals surface area contributed by atoms with E-state index in [4.69, 9.17) is 15.3 Å². The van der Waals surface area contributed by atoms with Crippen LogP contribution in [0.1, 0.15) is 19.4 Å². The zero-order chi connectivity index (χ0) is 18.6. The van der Waals surface area contributed by atoms with Crippen LogP contribution in [-0.2, 0) is 4.74 Å². The van der Waals surface area contributed by atoms with Crippen LogP contribution in [0.4, 0.5) is 5.69 Å². The van der Waals surface area contributed by atoms with Gasteiger partial charge in [-0.1, -0.05) is 24.3 Å². The third-order valence-electron chi connectivity index (χ3n) is 3.92. The van der Waals surface area contributed by atoms with Crippen molar-refractivity contribution < 1.29 is 4.74 Å². The molecular formula is C20H18N4O. The molecule has 0 aliphatic carbocycles. The molecule has 0 spiro atoms. The summed E-state index contributed by atoms with van der Waals surface area (Å²) in [5.74, 6) is 0.0557. The van der Waals surface area contributed by atoms with Crippen molar-refractivity contribution in [1.82, 2.24) is 0 Å². The highest BCUT2D eigenvalue weighted by atomic mass is 16.5. The van der Waals surface area contributed by atoms with Crippen LogP contribution in [0.15, 0.2) is 52.8 Å². The first-order valence-electron chi connectivity index (χ1n) is 7.68. The Labute approximate surface area is 148 Å². The molecule has 0 unspecified atom stereocenters. The van der Waals surface area contributed by atoms with Crippen molar-refractivity contribution in [2.24, 2.45) is 0 Å². The molecule has 0 bridgehead atoms. The first kappa shape index (κ1) is 17.9. The molecule has 0 N–H and O–H groups in total. The Morgan fingerprint density at radius 3 is 2.12 bits per heavy atom. The van der Waals surface area contributed by atoms with E-state index in [1.807, 2.05) is 55.4 Å². The summed E-state index contributed by atoms with van der Waals surface area (Å²) in [6.45, 7) is 3.61. The average Bonchev–Trinajstić information content (AvgIpc) is 2.84. The van der Waals surface area contributed by atoms with Crippen LogP contribution in [0.3, 0.4) is 0 Å². The Balaban J connectivity index is 2.47. The molecular weight excluding hydrogens is 312 g/mol. The molecule has 0 saturated carbocycles. The quantitative estimate of drug-likeness (QED) is 0.789. The predicted octanol–water partition coefficient (Wildman–Crippen LogP) is 3.70. The number of allylic oxidation sites excluding steroid dienone is 2. The molecule has 1 heterocycles. The van der Waals surface area contributed by atoms with Gasteiger partial charge in [-0.3, -0.25) is 0 Å². The van der Waals surface area contributed by atoms with Gasteiger partial charge in [0.2, 0.25) is 0 Å². The summed E-state index contributed by atoms with van der Waals surface area (Å²) in [6.07, 6.45) is 3.70. The highest BCUT2D eigenvalue weighted by Gasteiger charge is 2.38. The van der Waals surface area contributed by atoms with E-state index in [0.29, 0.717) is 5.57 Å². The van der Waals surface area contributed by atoms with Gasteiger partial charge in [0.05, 0.1) is 0 Å². The van der Waals surface area contributed by atoms with E-state index in [0.717, 1.165) is 11.3 Å². The maximum atomic E-state index is 9.49. The summed E-state index contributed by atoms with van der Waals surface area (Å²) in [4.78, 5) is 2.01. The molecule has 0 radical (unpaired) electrons. The number of nitriles is 3. The highest BCUT2D eigenvalue weighted by Crippen LogP contribution is 2.40. The van der Waals surface area contributed by atoms with Crippen molar-refractivity contribution >= 4 is 11.8 Å². The van der Waals surface area contributed by atoms with Gasteiger partial charge in [-0.15, -0.1) is 0 Å². The molecule has 1 aliphatic rings. The summed E-state index contributed by atoms with van der Waals surface area (Å²) in [5.41, 5.74) is 1.96. The zero-order valence-electron chi connectivity index (χ0n) is 14.7. The third kappa shape index (κ3) is 3.55. The minimum Gasteiger partial charge on any atom is -0.480 e. The van der Waals surface area contributed by atoms with Crippen LogP contribution < -0.4 is 4.90 Å². The molecule has 5 heteroatoms. The van der Waals surface area contributed by atoms with Gasteiger partial charge in [0.15, 0.2) is 11.3 Å². The van der Waals surface area contributed by atoms with Crippen molar-refractivity contribution in [1.29, 1.82) is 15.8 Å². The lowest BCUT2D eigenvalue weighted by Gasteiger charge is -2.20. The van der Waals surface area contributed by atoms with Gasteiger partial charge in [-0.05, 0) is 31.5 Å². The van der Waals surface area contributed by atoms with Crippen LogP contribution in [0.25, 0.3) is 6.08 Å². The number of benzene rings is 1. The Bertz CT molecular complexity index is 879. The Hall–Kier alpha value is -3.49. The molecule has 5 nitrogen and oxygen atoms in total. The molecule has 0 aromatic heterocycles. The van der Waals surface area contributed by atoms with E-state index < -0.39 is 5.60 Å². The van der Waals surface area contributed by atoms with Gasteiger partial charge in [-0.25, -0.2) is 0 Å². The fourth-order valence-corrected chi connectivity index (χ4v) is 2.55. The molecule has 0 saturated heterocycles. The summed E-state index contributed by atoms with van der Waals surface area (Å²) in [7, 11) is 3.95. The van der Waals surface area contributed by atoms with Crippen molar-refractivity contribution in [3.05, 3.63) is 58.4 Å². The monoisotopic (exact) mass is 330 g/mol. The average molecular weight is 330 g/mol. The fourth-order valence-electron chi connectivity index (χ4n) is 2.55. The summed E-state index contributed by atoms with van der Waals surface area (Å²) in [6, 6.07) is 13.6. The van der Waals surface area contributed by atoms with Crippen LogP contribution in [-0.4, -0.2) is 19.7 Å². The standard InChI is InChI=1S/C20H18N4O/c1-20(2)18(17(13-23)19(25-20)15(11-21)12-22)10-7-14-5-8-16(9-6-14)24(3)4/h5-10H,1-4H3/b10-7+. The molecule has 1 aliphatic heterocycles. The molecule has 1 aromatic rings. The zero-order valence-corrected chi connectivity index (χ0v) is 14.7. The van der Waals surface area contributed by atoms with Crippen molar-refractivity contribution in [2.45, 2.75) is 19.4 Å². The molecule has 124 valence electrons. The van der Waals surface area contributed by atoms with Gasteiger partial charge in [-0.2, -0.15) is 15.8 Å². The minimum atomic E-state index is -0.792. The van der Waals surface area contributed by atoms with Gasteiger partial charge in [0, 0.05) is 25.4 Å². The minimum absolute atomic E-state index is 0.0557. The van der Waals surface area contributed by atoms with Crippen molar-refractivity contribution in [3.8, 4) is 18.2 Å². The lowest BCUT2D eigenvalue weighted by atomic mass is 9.94. The van der Waals surface area contributed by atoms with Gasteiger partial charge < -0.3 is 9.64 Å². The fraction of sp³-hybridized carbons (Fsp3) is 0.250. The maximum absolute atomic E-state index is 9.49. The van der Waals surface area contributed by atoms with E-state index in [1.54, 1.807) is 26.0 Å². The van der Waals surface area contributed by atoms with Crippen LogP contribution in [0, 0.1) is 34.0 Å². The van der Waals surface area contributed by atoms with Crippen molar-refractivity contribution in [3.63, 3.8) is 0 Å². The van der Waals surface area contributed by atoms with E-state index in [9.17, 15) is 5.26 Å². The largest absolute Gasteiger partial charge is 0.480 e. The number of rotatable bonds is 3. The normalized spacial score (nSPS) is 15.3. The lowest BCUT2D eigenvalue weighted by Crippen LogP contribution is -2.20. The van der Waals surface area contributed by atoms with Gasteiger partial charge >= 0.3 is 0 Å². The first-order chi connectivity index (χ1) is 11.8. The van der Waals surface area contributed by atoms with E-state index >= 15 is 0 Å². The number of hydrogen-bond acceptors (Lipinski definition) is 5. The van der Waals surface area contributed by atoms with E-state index in [2.05, 4.69) is 6.07 Å². The second kappa shape index (κ2) is 6.95. The maximum Gasteiger partial charge on any atom is 0.172 e. The number of ether oxygens (including phenoxy) is 1. The smallest absolute Gasteiger partial charge is 0.172 e. The topological polar surface area (TPSA) is 83.8 Å². The lowest BCUT2D eigenvalue weighted by molar-refractivity contribution is 0.0954. The summed E-state index contributed by atoms with van der Waals surface area (Å²) < 4.78 is 5.73. The molecule has 0 amide bonds. The second-order valence-electron chi connectivity index (χ2n) is 6.26. The Kier molecular flexibility index (Phi) is 4.97. The van der Waals surface area contributed by atoms with Crippen molar-refractivity contribution in [2.75, 3.05) is 19.0 Å². The van der Waals surface area contributed by atoms with Crippen LogP contribution >= 0.6 is 0 Å². The first-order valence-corrected chi connectivity index (χ1v) is 7.68. The second-order valence-corrected chi connectivity index (χ2v) is 6.26. The highest BCUT2D eigenvalue weighted by molar-refractivity contribution is 5.65. The molecule has 25 heavy (non-hydrogen) atoms. The predicted molar refractivity (Wildman–Crippen MR) is 95.9 cm³/mol. The van der Waals surface area contributed by atoms with Gasteiger partial charge in [0.25, 0.3) is 0 Å². The molecule has 2 rings (SSSR count). The van der Waals surface area contributed by atoms with E-state index in [1.165, 1.54) is 0 Å². The number of nitrogens with zero attached hydrogens (tertiary/aromatic N) is 4. The summed E-state index contributed by atoms with van der Waals surface area (Å²) >= 11 is 0. The Morgan fingerprint density at radius 1 is 1.04 bits per heavy atom. The molecule has 1 aromatic carbocycles. The Morgan fingerprint density at radius 2 is 1.64 bits per heavy atom. The van der Waals surface area contributed by atoms with E-state index in [-0.39, 0.29) is 16.9 Å². The van der Waals surface area contributed by atoms with Crippen LogP contribution in [0.5, 0.6) is 0 Å². The SMILES string of the molecule is CN(C)c1ccc(/C=C/C2=C(C#N)C(=C(C#N)C#N)OC2(C)C)cc1. The van der Waals surface area contributed by atoms with Gasteiger partial charge in [0.1, 0.15) is 29.4 Å². The summed E-state index contributed by atoms with van der Waals surface area (Å²) in [5, 5.41) is 27.6. The molecule has 0 atom stereocenters. The number of anilines is 1. The van der Waals surface area contributed by atoms with Crippen LogP contribution in [0.2, 0.25) is 0 Å². The number of hydrogen-bond donors (Lipinski definition) is 0. The third-order valence-corrected chi connectivity index (χ3v) is 3.92.